The second-order valence-electron chi connectivity index (χ2n) is 11.9. The van der Waals surface area contributed by atoms with Gasteiger partial charge >= 0.3 is 5.37 Å². The highest BCUT2D eigenvalue weighted by atomic mass is 35.5. The molecule has 2 amide bonds. The van der Waals surface area contributed by atoms with E-state index in [0.717, 1.165) is 11.1 Å². The third kappa shape index (κ3) is 10.5. The lowest BCUT2D eigenvalue weighted by Gasteiger charge is -2.15. The Labute approximate surface area is 310 Å². The van der Waals surface area contributed by atoms with Crippen molar-refractivity contribution in [2.45, 2.75) is 26.4 Å². The summed E-state index contributed by atoms with van der Waals surface area (Å²) in [4.78, 5) is 59.3. The van der Waals surface area contributed by atoms with Gasteiger partial charge < -0.3 is 9.80 Å². The average molecular weight is 748 g/mol. The van der Waals surface area contributed by atoms with E-state index < -0.39 is 5.37 Å². The fraction of sp³-hybridized carbons (Fsp3) is 0.211. The fourth-order valence-electron chi connectivity index (χ4n) is 4.85. The van der Waals surface area contributed by atoms with Crippen molar-refractivity contribution in [3.05, 3.63) is 151 Å². The number of amides is 2. The summed E-state index contributed by atoms with van der Waals surface area (Å²) >= 11 is 16.9. The quantitative estimate of drug-likeness (QED) is 0.134. The van der Waals surface area contributed by atoms with Crippen LogP contribution in [0, 0.1) is 6.92 Å². The van der Waals surface area contributed by atoms with Gasteiger partial charge in [-0.25, -0.2) is 9.97 Å². The van der Waals surface area contributed by atoms with E-state index in [0.29, 0.717) is 56.6 Å². The minimum atomic E-state index is -0.435. The van der Waals surface area contributed by atoms with Crippen molar-refractivity contribution in [1.82, 2.24) is 28.9 Å². The van der Waals surface area contributed by atoms with Gasteiger partial charge in [0.1, 0.15) is 11.6 Å². The maximum Gasteiger partial charge on any atom is 0.315 e. The molecule has 51 heavy (non-hydrogen) atoms. The van der Waals surface area contributed by atoms with E-state index in [4.69, 9.17) is 34.8 Å². The molecular weight excluding hydrogens is 711 g/mol. The van der Waals surface area contributed by atoms with Crippen molar-refractivity contribution in [3.8, 4) is 0 Å². The van der Waals surface area contributed by atoms with Crippen LogP contribution in [0.4, 0.5) is 4.79 Å². The number of aryl methyl sites for hydroxylation is 1. The molecule has 0 atom stereocenters. The molecule has 0 fully saturated rings. The lowest BCUT2D eigenvalue weighted by Crippen LogP contribution is -2.31. The van der Waals surface area contributed by atoms with Crippen molar-refractivity contribution in [3.63, 3.8) is 0 Å². The molecule has 0 radical (unpaired) electrons. The number of carbonyl (C=O) groups excluding carboxylic acids is 2. The molecule has 0 saturated heterocycles. The zero-order valence-electron chi connectivity index (χ0n) is 28.8. The van der Waals surface area contributed by atoms with Gasteiger partial charge in [-0.15, -0.1) is 0 Å². The third-order valence-corrected chi connectivity index (χ3v) is 8.44. The van der Waals surface area contributed by atoms with Crippen LogP contribution in [0.5, 0.6) is 0 Å². The van der Waals surface area contributed by atoms with Crippen LogP contribution in [0.2, 0.25) is 10.0 Å². The largest absolute Gasteiger partial charge is 0.348 e. The first kappa shape index (κ1) is 38.8. The monoisotopic (exact) mass is 746 g/mol. The maximum absolute atomic E-state index is 13.0. The number of halogens is 3. The molecule has 6 rings (SSSR count). The second kappa shape index (κ2) is 17.8. The molecule has 0 aliphatic carbocycles. The fourth-order valence-corrected chi connectivity index (χ4v) is 5.19. The Morgan fingerprint density at radius 3 is 1.53 bits per heavy atom. The number of hydrogen-bond acceptors (Lipinski definition) is 6. The topological polar surface area (TPSA) is 110 Å². The Bertz CT molecular complexity index is 2270. The van der Waals surface area contributed by atoms with E-state index in [2.05, 4.69) is 9.97 Å². The molecule has 0 saturated carbocycles. The summed E-state index contributed by atoms with van der Waals surface area (Å²) < 4.78 is 3.25. The molecule has 0 aliphatic rings. The highest BCUT2D eigenvalue weighted by molar-refractivity contribution is 6.62. The second-order valence-corrected chi connectivity index (χ2v) is 13.1. The van der Waals surface area contributed by atoms with Gasteiger partial charge in [0.05, 0.1) is 41.3 Å². The number of likely N-dealkylation sites (N-methyl/N-ethyl adjacent to an activating group) is 1. The van der Waals surface area contributed by atoms with Gasteiger partial charge in [-0.3, -0.25) is 28.3 Å². The lowest BCUT2D eigenvalue weighted by atomic mass is 10.2. The normalized spacial score (nSPS) is 10.5. The van der Waals surface area contributed by atoms with Crippen LogP contribution in [0.15, 0.2) is 107 Å². The molecule has 264 valence electrons. The predicted octanol–water partition coefficient (Wildman–Crippen LogP) is 7.04. The molecule has 2 heterocycles. The molecular formula is C38H37Cl3N6O4. The van der Waals surface area contributed by atoms with Gasteiger partial charge in [0.15, 0.2) is 0 Å². The predicted molar refractivity (Wildman–Crippen MR) is 205 cm³/mol. The maximum atomic E-state index is 13.0. The zero-order chi connectivity index (χ0) is 37.2. The van der Waals surface area contributed by atoms with E-state index in [1.165, 1.54) is 9.80 Å². The van der Waals surface area contributed by atoms with Crippen molar-refractivity contribution in [1.29, 1.82) is 0 Å². The van der Waals surface area contributed by atoms with Gasteiger partial charge in [-0.1, -0.05) is 83.9 Å². The van der Waals surface area contributed by atoms with Gasteiger partial charge in [0, 0.05) is 38.2 Å². The number of benzene rings is 4. The van der Waals surface area contributed by atoms with Crippen molar-refractivity contribution in [2.75, 3.05) is 28.2 Å². The van der Waals surface area contributed by atoms with Crippen LogP contribution in [-0.4, -0.2) is 68.4 Å². The molecule has 0 N–H and O–H groups in total. The summed E-state index contributed by atoms with van der Waals surface area (Å²) in [6, 6.07) is 29.7. The molecule has 0 spiro atoms. The number of fused-ring (bicyclic) bond motifs is 2. The highest BCUT2D eigenvalue weighted by Crippen LogP contribution is 2.18. The molecule has 0 aliphatic heterocycles. The van der Waals surface area contributed by atoms with Crippen LogP contribution < -0.4 is 11.1 Å². The number of rotatable bonds is 6. The number of hydrogen-bond donors (Lipinski definition) is 0. The minimum absolute atomic E-state index is 0.0342. The summed E-state index contributed by atoms with van der Waals surface area (Å²) in [6.45, 7) is 2.73. The first-order valence-electron chi connectivity index (χ1n) is 15.8. The van der Waals surface area contributed by atoms with Gasteiger partial charge in [-0.05, 0) is 66.0 Å². The molecule has 2 aromatic heterocycles. The van der Waals surface area contributed by atoms with Crippen LogP contribution in [0.25, 0.3) is 21.8 Å². The van der Waals surface area contributed by atoms with E-state index >= 15 is 0 Å². The van der Waals surface area contributed by atoms with E-state index in [1.807, 2.05) is 67.6 Å². The van der Waals surface area contributed by atoms with E-state index in [9.17, 15) is 19.2 Å². The van der Waals surface area contributed by atoms with Crippen LogP contribution >= 0.6 is 34.8 Å². The number of aromatic nitrogens is 4. The van der Waals surface area contributed by atoms with Gasteiger partial charge in [0.25, 0.3) is 11.1 Å². The summed E-state index contributed by atoms with van der Waals surface area (Å²) in [7, 11) is 6.55. The van der Waals surface area contributed by atoms with E-state index in [-0.39, 0.29) is 23.4 Å². The Balaban J connectivity index is 0.000000201. The Morgan fingerprint density at radius 2 is 1.08 bits per heavy atom. The summed E-state index contributed by atoms with van der Waals surface area (Å²) in [5.41, 5.74) is 2.99. The van der Waals surface area contributed by atoms with Crippen LogP contribution in [0.3, 0.4) is 0 Å². The first-order valence-corrected chi connectivity index (χ1v) is 16.9. The molecule has 13 heteroatoms. The Kier molecular flexibility index (Phi) is 13.5. The Hall–Kier alpha value is -5.03. The standard InChI is InChI=1S/C19H18ClN3O2.C16H13ClN2O.C3H6ClNO/c1-22(2)18(24)11-17-21-16-10-14(20)8-9-15(16)19(25)23(17)12-13-6-4-3-5-7-13;1-11-18-15-9-13(17)7-8-14(15)16(20)19(11)10-12-5-3-2-4-6-12;1-5(2)3(4)6/h3-10H,11-12H2,1-2H3;2-9H,10H2,1H3;1-2H3. The number of carbonyl (C=O) groups is 2. The van der Waals surface area contributed by atoms with Gasteiger partial charge in [-0.2, -0.15) is 0 Å². The highest BCUT2D eigenvalue weighted by Gasteiger charge is 2.16. The van der Waals surface area contributed by atoms with Crippen molar-refractivity contribution < 1.29 is 9.59 Å². The number of nitrogens with zero attached hydrogens (tertiary/aromatic N) is 6. The smallest absolute Gasteiger partial charge is 0.315 e. The molecule has 10 nitrogen and oxygen atoms in total. The van der Waals surface area contributed by atoms with Gasteiger partial charge in [0.2, 0.25) is 5.91 Å². The molecule has 0 bridgehead atoms. The zero-order valence-corrected chi connectivity index (χ0v) is 31.1. The summed E-state index contributed by atoms with van der Waals surface area (Å²) in [5, 5.41) is 1.74. The van der Waals surface area contributed by atoms with E-state index in [1.54, 1.807) is 73.7 Å². The van der Waals surface area contributed by atoms with Crippen molar-refractivity contribution >= 4 is 67.9 Å². The lowest BCUT2D eigenvalue weighted by molar-refractivity contribution is -0.128. The average Bonchev–Trinajstić information content (AvgIpc) is 3.09. The van der Waals surface area contributed by atoms with Crippen LogP contribution in [-0.2, 0) is 24.3 Å². The first-order chi connectivity index (χ1) is 24.2. The summed E-state index contributed by atoms with van der Waals surface area (Å²) in [5.74, 6) is 1.01. The summed E-state index contributed by atoms with van der Waals surface area (Å²) in [6.07, 6.45) is 0.0531. The van der Waals surface area contributed by atoms with Crippen LogP contribution in [0.1, 0.15) is 22.8 Å². The molecule has 4 aromatic carbocycles. The molecule has 6 aromatic rings. The third-order valence-electron chi connectivity index (χ3n) is 7.63. The Morgan fingerprint density at radius 1 is 0.647 bits per heavy atom. The van der Waals surface area contributed by atoms with Crippen molar-refractivity contribution in [2.24, 2.45) is 0 Å². The minimum Gasteiger partial charge on any atom is -0.348 e. The SMILES string of the molecule is CN(C)C(=O)Cc1nc2cc(Cl)ccc2c(=O)n1Cc1ccccc1.CN(C)C(=O)Cl.Cc1nc2cc(Cl)ccc2c(=O)n1Cc1ccccc1. The molecule has 0 unspecified atom stereocenters.